The zero-order valence-electron chi connectivity index (χ0n) is 15.9. The summed E-state index contributed by atoms with van der Waals surface area (Å²) in [5.41, 5.74) is 2.74. The lowest BCUT2D eigenvalue weighted by Gasteiger charge is -2.21. The van der Waals surface area contributed by atoms with Crippen LogP contribution in [0.1, 0.15) is 26.2 Å². The number of hydrogen-bond donors (Lipinski definition) is 2. The van der Waals surface area contributed by atoms with Crippen molar-refractivity contribution in [2.75, 3.05) is 44.3 Å². The number of nitrogens with zero attached hydrogens (tertiary/aromatic N) is 2. The molecule has 0 radical (unpaired) electrons. The summed E-state index contributed by atoms with van der Waals surface area (Å²) in [6.45, 7) is 7.47. The maximum absolute atomic E-state index is 5.36. The fourth-order valence-corrected chi connectivity index (χ4v) is 3.96. The van der Waals surface area contributed by atoms with E-state index < -0.39 is 0 Å². The predicted molar refractivity (Wildman–Crippen MR) is 127 cm³/mol. The highest BCUT2D eigenvalue weighted by atomic mass is 127. The van der Waals surface area contributed by atoms with Crippen molar-refractivity contribution < 1.29 is 4.74 Å². The summed E-state index contributed by atoms with van der Waals surface area (Å²) in [7, 11) is 0. The Hall–Kier alpha value is -0.800. The van der Waals surface area contributed by atoms with E-state index in [9.17, 15) is 0 Å². The van der Waals surface area contributed by atoms with E-state index in [0.29, 0.717) is 6.04 Å². The van der Waals surface area contributed by atoms with Gasteiger partial charge in [0, 0.05) is 36.7 Å². The lowest BCUT2D eigenvalue weighted by Crippen LogP contribution is -2.44. The van der Waals surface area contributed by atoms with Crippen molar-refractivity contribution in [3.8, 4) is 0 Å². The van der Waals surface area contributed by atoms with Crippen LogP contribution in [0.2, 0.25) is 0 Å². The quantitative estimate of drug-likeness (QED) is 0.245. The first-order chi connectivity index (χ1) is 12.8. The summed E-state index contributed by atoms with van der Waals surface area (Å²) in [6.07, 6.45) is 5.39. The molecule has 2 heterocycles. The summed E-state index contributed by atoms with van der Waals surface area (Å²) in [6, 6.07) is 8.85. The number of nitrogens with one attached hydrogen (secondary N) is 2. The second kappa shape index (κ2) is 11.9. The first-order valence-electron chi connectivity index (χ1n) is 9.56. The van der Waals surface area contributed by atoms with Gasteiger partial charge < -0.3 is 20.3 Å². The van der Waals surface area contributed by atoms with Gasteiger partial charge in [-0.1, -0.05) is 23.8 Å². The molecular weight excluding hydrogens is 519 g/mol. The molecule has 0 aliphatic carbocycles. The first kappa shape index (κ1) is 22.5. The van der Waals surface area contributed by atoms with Gasteiger partial charge in [0.1, 0.15) is 0 Å². The van der Waals surface area contributed by atoms with E-state index in [1.807, 2.05) is 0 Å². The zero-order chi connectivity index (χ0) is 18.2. The molecule has 150 valence electrons. The van der Waals surface area contributed by atoms with E-state index in [0.717, 1.165) is 69.1 Å². The van der Waals surface area contributed by atoms with Crippen LogP contribution in [0, 0.1) is 0 Å². The molecule has 2 N–H and O–H groups in total. The van der Waals surface area contributed by atoms with Gasteiger partial charge in [0.2, 0.25) is 0 Å². The minimum absolute atomic E-state index is 0. The van der Waals surface area contributed by atoms with Gasteiger partial charge in [-0.15, -0.1) is 24.0 Å². The molecule has 1 aromatic carbocycles. The van der Waals surface area contributed by atoms with Crippen LogP contribution in [-0.4, -0.2) is 51.4 Å². The molecule has 1 atom stereocenters. The third-order valence-corrected chi connectivity index (χ3v) is 5.50. The van der Waals surface area contributed by atoms with Crippen LogP contribution in [0.4, 0.5) is 5.69 Å². The average Bonchev–Trinajstić information content (AvgIpc) is 3.11. The van der Waals surface area contributed by atoms with Crippen LogP contribution >= 0.6 is 39.9 Å². The van der Waals surface area contributed by atoms with Gasteiger partial charge in [-0.3, -0.25) is 4.99 Å². The Kier molecular flexibility index (Phi) is 9.92. The van der Waals surface area contributed by atoms with Gasteiger partial charge in [-0.25, -0.2) is 0 Å². The summed E-state index contributed by atoms with van der Waals surface area (Å²) in [5.74, 6) is 0.930. The lowest BCUT2D eigenvalue weighted by atomic mass is 10.1. The normalized spacial score (nSPS) is 20.1. The number of halogens is 2. The third kappa shape index (κ3) is 6.94. The predicted octanol–water partition coefficient (Wildman–Crippen LogP) is 3.94. The lowest BCUT2D eigenvalue weighted by molar-refractivity contribution is 0.153. The SMILES string of the molecule is CCNC(=NCCC1=CCOCC1)NC1CCN(c2ccccc2Br)C1.I. The highest BCUT2D eigenvalue weighted by Crippen LogP contribution is 2.28. The number of benzene rings is 1. The zero-order valence-corrected chi connectivity index (χ0v) is 19.8. The number of para-hydroxylation sites is 1. The number of anilines is 1. The van der Waals surface area contributed by atoms with Crippen molar-refractivity contribution in [3.63, 3.8) is 0 Å². The molecule has 0 aromatic heterocycles. The number of guanidine groups is 1. The van der Waals surface area contributed by atoms with Crippen molar-refractivity contribution in [2.24, 2.45) is 4.99 Å². The van der Waals surface area contributed by atoms with E-state index in [4.69, 9.17) is 9.73 Å². The van der Waals surface area contributed by atoms with Crippen LogP contribution in [0.15, 0.2) is 45.4 Å². The molecule has 1 fully saturated rings. The smallest absolute Gasteiger partial charge is 0.191 e. The summed E-state index contributed by atoms with van der Waals surface area (Å²) in [4.78, 5) is 7.20. The van der Waals surface area contributed by atoms with Gasteiger partial charge in [0.15, 0.2) is 5.96 Å². The maximum Gasteiger partial charge on any atom is 0.191 e. The molecule has 0 amide bonds. The molecule has 0 saturated carbocycles. The minimum atomic E-state index is 0. The number of aliphatic imine (C=N–C) groups is 1. The van der Waals surface area contributed by atoms with Gasteiger partial charge in [0.25, 0.3) is 0 Å². The fraction of sp³-hybridized carbons (Fsp3) is 0.550. The van der Waals surface area contributed by atoms with E-state index in [1.165, 1.54) is 11.3 Å². The van der Waals surface area contributed by atoms with Gasteiger partial charge >= 0.3 is 0 Å². The van der Waals surface area contributed by atoms with Gasteiger partial charge in [0.05, 0.1) is 18.9 Å². The molecule has 2 aliphatic heterocycles. The molecule has 1 aromatic rings. The van der Waals surface area contributed by atoms with Crippen LogP contribution in [0.25, 0.3) is 0 Å². The van der Waals surface area contributed by atoms with Crippen LogP contribution in [0.3, 0.4) is 0 Å². The molecule has 1 saturated heterocycles. The van der Waals surface area contributed by atoms with Crippen LogP contribution < -0.4 is 15.5 Å². The van der Waals surface area contributed by atoms with Crippen molar-refractivity contribution in [1.29, 1.82) is 0 Å². The van der Waals surface area contributed by atoms with Crippen LogP contribution in [0.5, 0.6) is 0 Å². The summed E-state index contributed by atoms with van der Waals surface area (Å²) < 4.78 is 6.52. The van der Waals surface area contributed by atoms with Crippen molar-refractivity contribution >= 4 is 51.6 Å². The maximum atomic E-state index is 5.36. The van der Waals surface area contributed by atoms with Crippen LogP contribution in [-0.2, 0) is 4.74 Å². The number of rotatable bonds is 6. The number of ether oxygens (including phenoxy) is 1. The first-order valence-corrected chi connectivity index (χ1v) is 10.4. The molecule has 0 bridgehead atoms. The van der Waals surface area contributed by atoms with Crippen molar-refractivity contribution in [3.05, 3.63) is 40.4 Å². The molecule has 2 aliphatic rings. The monoisotopic (exact) mass is 548 g/mol. The number of hydrogen-bond acceptors (Lipinski definition) is 3. The third-order valence-electron chi connectivity index (χ3n) is 4.83. The Morgan fingerprint density at radius 3 is 2.96 bits per heavy atom. The van der Waals surface area contributed by atoms with Gasteiger partial charge in [-0.2, -0.15) is 0 Å². The van der Waals surface area contributed by atoms with Crippen molar-refractivity contribution in [1.82, 2.24) is 10.6 Å². The average molecular weight is 549 g/mol. The second-order valence-corrected chi connectivity index (χ2v) is 7.58. The second-order valence-electron chi connectivity index (χ2n) is 6.73. The van der Waals surface area contributed by atoms with E-state index >= 15 is 0 Å². The summed E-state index contributed by atoms with van der Waals surface area (Å²) in [5, 5.41) is 6.99. The minimum Gasteiger partial charge on any atom is -0.377 e. The highest BCUT2D eigenvalue weighted by Gasteiger charge is 2.24. The standard InChI is InChI=1S/C20H29BrN4O.HI/c1-2-22-20(23-11-7-16-9-13-26-14-10-16)24-17-8-12-25(15-17)19-6-4-3-5-18(19)21;/h3-6,9,17H,2,7-8,10-15H2,1H3,(H2,22,23,24);1H. The molecule has 27 heavy (non-hydrogen) atoms. The Morgan fingerprint density at radius 2 is 2.22 bits per heavy atom. The summed E-state index contributed by atoms with van der Waals surface area (Å²) >= 11 is 3.66. The van der Waals surface area contributed by atoms with E-state index in [1.54, 1.807) is 0 Å². The Labute approximate surface area is 188 Å². The molecule has 0 spiro atoms. The Morgan fingerprint density at radius 1 is 1.37 bits per heavy atom. The largest absolute Gasteiger partial charge is 0.377 e. The van der Waals surface area contributed by atoms with Crippen molar-refractivity contribution in [2.45, 2.75) is 32.2 Å². The Bertz CT molecular complexity index is 653. The highest BCUT2D eigenvalue weighted by molar-refractivity contribution is 14.0. The molecular formula is C20H30BrIN4O. The van der Waals surface area contributed by atoms with E-state index in [2.05, 4.69) is 68.7 Å². The molecule has 3 rings (SSSR count). The van der Waals surface area contributed by atoms with Gasteiger partial charge in [-0.05, 0) is 54.2 Å². The molecule has 7 heteroatoms. The molecule has 1 unspecified atom stereocenters. The Balaban J connectivity index is 0.00000261. The topological polar surface area (TPSA) is 48.9 Å². The molecule has 5 nitrogen and oxygen atoms in total. The van der Waals surface area contributed by atoms with E-state index in [-0.39, 0.29) is 24.0 Å². The fourth-order valence-electron chi connectivity index (χ4n) is 3.42.